The van der Waals surface area contributed by atoms with Crippen LogP contribution in [0.1, 0.15) is 37.1 Å². The van der Waals surface area contributed by atoms with E-state index in [0.717, 1.165) is 30.6 Å². The minimum absolute atomic E-state index is 0.0402. The number of halogens is 2. The van der Waals surface area contributed by atoms with Gasteiger partial charge in [-0.15, -0.1) is 0 Å². The van der Waals surface area contributed by atoms with E-state index >= 15 is 0 Å². The molecule has 0 aromatic carbocycles. The fraction of sp³-hybridized carbons (Fsp3) is 0.769. The number of fused-ring (bicyclic) bond motifs is 2. The SMILES string of the molecule is Cc1cnn2c1C1(CCNC(C)C1)OCC2C(F)F. The molecule has 2 aliphatic rings. The lowest BCUT2D eigenvalue weighted by molar-refractivity contribution is -0.137. The van der Waals surface area contributed by atoms with E-state index in [4.69, 9.17) is 4.74 Å². The van der Waals surface area contributed by atoms with Crippen LogP contribution in [-0.2, 0) is 10.3 Å². The van der Waals surface area contributed by atoms with Gasteiger partial charge in [-0.05, 0) is 38.8 Å². The molecule has 0 bridgehead atoms. The van der Waals surface area contributed by atoms with Gasteiger partial charge in [0.2, 0.25) is 0 Å². The van der Waals surface area contributed by atoms with Crippen LogP contribution in [0.25, 0.3) is 0 Å². The van der Waals surface area contributed by atoms with E-state index in [1.807, 2.05) is 6.92 Å². The van der Waals surface area contributed by atoms with Crippen molar-refractivity contribution in [3.63, 3.8) is 0 Å². The van der Waals surface area contributed by atoms with Crippen LogP contribution in [-0.4, -0.2) is 35.4 Å². The largest absolute Gasteiger partial charge is 0.366 e. The summed E-state index contributed by atoms with van der Waals surface area (Å²) < 4.78 is 33.6. The minimum Gasteiger partial charge on any atom is -0.366 e. The molecule has 1 fully saturated rings. The molecule has 3 unspecified atom stereocenters. The number of ether oxygens (including phenoxy) is 1. The predicted molar refractivity (Wildman–Crippen MR) is 66.3 cm³/mol. The van der Waals surface area contributed by atoms with Crippen molar-refractivity contribution in [3.8, 4) is 0 Å². The quantitative estimate of drug-likeness (QED) is 0.849. The summed E-state index contributed by atoms with van der Waals surface area (Å²) >= 11 is 0. The van der Waals surface area contributed by atoms with Crippen LogP contribution in [0.2, 0.25) is 0 Å². The second-order valence-corrected chi connectivity index (χ2v) is 5.64. The molecule has 1 aromatic rings. The second-order valence-electron chi connectivity index (χ2n) is 5.64. The van der Waals surface area contributed by atoms with Crippen molar-refractivity contribution >= 4 is 0 Å². The molecule has 19 heavy (non-hydrogen) atoms. The third-order valence-electron chi connectivity index (χ3n) is 4.20. The highest BCUT2D eigenvalue weighted by Gasteiger charge is 2.47. The number of hydrogen-bond acceptors (Lipinski definition) is 3. The summed E-state index contributed by atoms with van der Waals surface area (Å²) in [7, 11) is 0. The van der Waals surface area contributed by atoms with Crippen molar-refractivity contribution in [2.45, 2.75) is 50.8 Å². The lowest BCUT2D eigenvalue weighted by Gasteiger charge is -2.45. The molecular formula is C13H19F2N3O. The molecule has 0 radical (unpaired) electrons. The molecule has 1 saturated heterocycles. The standard InChI is InChI=1S/C13H19F2N3O/c1-8-6-17-18-10(12(14)15)7-19-13(11(8)18)3-4-16-9(2)5-13/h6,9-10,12,16H,3-5,7H2,1-2H3. The maximum absolute atomic E-state index is 13.1. The molecule has 6 heteroatoms. The van der Waals surface area contributed by atoms with E-state index in [0.29, 0.717) is 6.04 Å². The molecule has 0 aliphatic carbocycles. The minimum atomic E-state index is -2.45. The van der Waals surface area contributed by atoms with Crippen molar-refractivity contribution in [1.82, 2.24) is 15.1 Å². The van der Waals surface area contributed by atoms with Gasteiger partial charge < -0.3 is 10.1 Å². The average molecular weight is 271 g/mol. The molecule has 3 rings (SSSR count). The highest BCUT2D eigenvalue weighted by atomic mass is 19.3. The van der Waals surface area contributed by atoms with E-state index < -0.39 is 18.1 Å². The zero-order chi connectivity index (χ0) is 13.6. The third-order valence-corrected chi connectivity index (χ3v) is 4.20. The Labute approximate surface area is 111 Å². The Morgan fingerprint density at radius 2 is 2.37 bits per heavy atom. The van der Waals surface area contributed by atoms with Crippen LogP contribution in [0.4, 0.5) is 8.78 Å². The summed E-state index contributed by atoms with van der Waals surface area (Å²) in [4.78, 5) is 0. The zero-order valence-electron chi connectivity index (χ0n) is 11.2. The number of nitrogens with one attached hydrogen (secondary N) is 1. The Bertz CT molecular complexity index is 476. The topological polar surface area (TPSA) is 39.1 Å². The van der Waals surface area contributed by atoms with Gasteiger partial charge in [0, 0.05) is 6.04 Å². The maximum atomic E-state index is 13.1. The first-order valence-electron chi connectivity index (χ1n) is 6.73. The highest BCUT2D eigenvalue weighted by Crippen LogP contribution is 2.43. The zero-order valence-corrected chi connectivity index (χ0v) is 11.2. The van der Waals surface area contributed by atoms with E-state index in [2.05, 4.69) is 17.3 Å². The van der Waals surface area contributed by atoms with Crippen molar-refractivity contribution in [2.75, 3.05) is 13.2 Å². The first kappa shape index (κ1) is 13.0. The molecule has 0 amide bonds. The summed E-state index contributed by atoms with van der Waals surface area (Å²) in [6, 6.07) is -0.640. The summed E-state index contributed by atoms with van der Waals surface area (Å²) in [5, 5.41) is 7.54. The first-order valence-corrected chi connectivity index (χ1v) is 6.73. The lowest BCUT2D eigenvalue weighted by Crippen LogP contribution is -2.51. The van der Waals surface area contributed by atoms with Gasteiger partial charge >= 0.3 is 0 Å². The Balaban J connectivity index is 2.05. The Morgan fingerprint density at radius 3 is 3.05 bits per heavy atom. The number of piperidine rings is 1. The van der Waals surface area contributed by atoms with Crippen molar-refractivity contribution < 1.29 is 13.5 Å². The predicted octanol–water partition coefficient (Wildman–Crippen LogP) is 2.00. The van der Waals surface area contributed by atoms with Crippen LogP contribution in [0.5, 0.6) is 0 Å². The summed E-state index contributed by atoms with van der Waals surface area (Å²) in [5.41, 5.74) is 1.34. The smallest absolute Gasteiger partial charge is 0.262 e. The number of hydrogen-bond donors (Lipinski definition) is 1. The summed E-state index contributed by atoms with van der Waals surface area (Å²) in [5.74, 6) is 0. The number of alkyl halides is 2. The monoisotopic (exact) mass is 271 g/mol. The van der Waals surface area contributed by atoms with Crippen LogP contribution >= 0.6 is 0 Å². The van der Waals surface area contributed by atoms with Crippen LogP contribution in [0.15, 0.2) is 6.20 Å². The van der Waals surface area contributed by atoms with Crippen LogP contribution in [0, 0.1) is 6.92 Å². The molecule has 2 aliphatic heterocycles. The molecule has 0 saturated carbocycles. The van der Waals surface area contributed by atoms with Crippen LogP contribution in [0.3, 0.4) is 0 Å². The van der Waals surface area contributed by atoms with Gasteiger partial charge in [0.25, 0.3) is 6.43 Å². The van der Waals surface area contributed by atoms with Gasteiger partial charge in [0.15, 0.2) is 0 Å². The fourth-order valence-electron chi connectivity index (χ4n) is 3.37. The van der Waals surface area contributed by atoms with Gasteiger partial charge in [0.1, 0.15) is 11.6 Å². The molecule has 1 N–H and O–H groups in total. The lowest BCUT2D eigenvalue weighted by atomic mass is 9.82. The summed E-state index contributed by atoms with van der Waals surface area (Å²) in [6.07, 6.45) is 0.831. The number of rotatable bonds is 1. The molecular weight excluding hydrogens is 252 g/mol. The fourth-order valence-corrected chi connectivity index (χ4v) is 3.37. The molecule has 1 spiro atoms. The Morgan fingerprint density at radius 1 is 1.58 bits per heavy atom. The van der Waals surface area contributed by atoms with Crippen LogP contribution < -0.4 is 5.32 Å². The third kappa shape index (κ3) is 1.97. The molecule has 4 nitrogen and oxygen atoms in total. The molecule has 3 heterocycles. The van der Waals surface area contributed by atoms with E-state index in [-0.39, 0.29) is 6.61 Å². The van der Waals surface area contributed by atoms with Gasteiger partial charge in [-0.25, -0.2) is 8.78 Å². The van der Waals surface area contributed by atoms with E-state index in [1.165, 1.54) is 4.68 Å². The first-order chi connectivity index (χ1) is 9.03. The maximum Gasteiger partial charge on any atom is 0.262 e. The summed E-state index contributed by atoms with van der Waals surface area (Å²) in [6.45, 7) is 4.90. The van der Waals surface area contributed by atoms with Gasteiger partial charge in [-0.2, -0.15) is 5.10 Å². The molecule has 3 atom stereocenters. The highest BCUT2D eigenvalue weighted by molar-refractivity contribution is 5.26. The second kappa shape index (κ2) is 4.52. The Kier molecular flexibility index (Phi) is 3.09. The van der Waals surface area contributed by atoms with Crippen molar-refractivity contribution in [3.05, 3.63) is 17.5 Å². The number of aryl methyl sites for hydroxylation is 1. The average Bonchev–Trinajstić information content (AvgIpc) is 2.73. The Hall–Kier alpha value is -1.01. The number of aromatic nitrogens is 2. The van der Waals surface area contributed by atoms with E-state index in [9.17, 15) is 8.78 Å². The van der Waals surface area contributed by atoms with Gasteiger partial charge in [-0.3, -0.25) is 4.68 Å². The van der Waals surface area contributed by atoms with E-state index in [1.54, 1.807) is 6.20 Å². The van der Waals surface area contributed by atoms with Gasteiger partial charge in [0.05, 0.1) is 18.5 Å². The van der Waals surface area contributed by atoms with Crippen molar-refractivity contribution in [1.29, 1.82) is 0 Å². The number of nitrogens with zero attached hydrogens (tertiary/aromatic N) is 2. The normalized spacial score (nSPS) is 34.8. The molecule has 106 valence electrons. The van der Waals surface area contributed by atoms with Crippen molar-refractivity contribution in [2.24, 2.45) is 0 Å². The van der Waals surface area contributed by atoms with Gasteiger partial charge in [-0.1, -0.05) is 0 Å². The molecule has 1 aromatic heterocycles.